The van der Waals surface area contributed by atoms with Crippen LogP contribution in [0.25, 0.3) is 6.08 Å². The minimum atomic E-state index is -4.78. The van der Waals surface area contributed by atoms with Crippen molar-refractivity contribution in [3.63, 3.8) is 0 Å². The lowest BCUT2D eigenvalue weighted by molar-refractivity contribution is -0.385. The number of rotatable bonds is 8. The number of ether oxygens (including phenoxy) is 2. The van der Waals surface area contributed by atoms with E-state index in [2.05, 4.69) is 0 Å². The number of halogens is 5. The molecule has 0 radical (unpaired) electrons. The van der Waals surface area contributed by atoms with Gasteiger partial charge in [0.2, 0.25) is 5.75 Å². The smallest absolute Gasteiger partial charge is 0.416 e. The summed E-state index contributed by atoms with van der Waals surface area (Å²) in [5, 5.41) is 11.5. The highest BCUT2D eigenvalue weighted by molar-refractivity contribution is 8.18. The molecule has 0 spiro atoms. The van der Waals surface area contributed by atoms with E-state index in [0.29, 0.717) is 45.1 Å². The maximum absolute atomic E-state index is 13.0. The number of alkyl halides is 3. The second-order valence-corrected chi connectivity index (χ2v) is 9.95. The molecule has 208 valence electrons. The molecule has 0 saturated carbocycles. The first-order chi connectivity index (χ1) is 18.9. The molecule has 0 atom stereocenters. The van der Waals surface area contributed by atoms with Gasteiger partial charge in [0, 0.05) is 21.7 Å². The molecule has 0 N–H and O–H groups in total. The zero-order valence-corrected chi connectivity index (χ0v) is 22.7. The Bertz CT molecular complexity index is 1530. The van der Waals surface area contributed by atoms with Crippen LogP contribution < -0.4 is 9.47 Å². The highest BCUT2D eigenvalue weighted by Gasteiger charge is 2.36. The summed E-state index contributed by atoms with van der Waals surface area (Å²) in [6.45, 7) is 1.70. The number of carbonyl (C=O) groups excluding carboxylic acids is 2. The minimum absolute atomic E-state index is 0.0108. The van der Waals surface area contributed by atoms with E-state index >= 15 is 0 Å². The zero-order valence-electron chi connectivity index (χ0n) is 20.3. The van der Waals surface area contributed by atoms with Gasteiger partial charge in [-0.15, -0.1) is 0 Å². The van der Waals surface area contributed by atoms with Crippen molar-refractivity contribution in [2.24, 2.45) is 0 Å². The average Bonchev–Trinajstić information content (AvgIpc) is 3.14. The van der Waals surface area contributed by atoms with Crippen LogP contribution in [0.3, 0.4) is 0 Å². The molecule has 0 bridgehead atoms. The van der Waals surface area contributed by atoms with E-state index in [-0.39, 0.29) is 29.6 Å². The van der Waals surface area contributed by atoms with Crippen LogP contribution >= 0.6 is 35.0 Å². The van der Waals surface area contributed by atoms with Crippen LogP contribution in [0.4, 0.5) is 23.7 Å². The van der Waals surface area contributed by atoms with Crippen LogP contribution in [0.2, 0.25) is 10.0 Å². The van der Waals surface area contributed by atoms with E-state index in [0.717, 1.165) is 11.0 Å². The molecule has 1 saturated heterocycles. The van der Waals surface area contributed by atoms with Crippen molar-refractivity contribution in [3.8, 4) is 17.2 Å². The molecule has 1 heterocycles. The third kappa shape index (κ3) is 6.35. The number of imide groups is 1. The molecule has 1 fully saturated rings. The Morgan fingerprint density at radius 1 is 1.02 bits per heavy atom. The molecule has 2 amide bonds. The van der Waals surface area contributed by atoms with E-state index in [1.807, 2.05) is 0 Å². The Hall–Kier alpha value is -3.74. The number of amides is 2. The van der Waals surface area contributed by atoms with Crippen molar-refractivity contribution in [1.82, 2.24) is 4.90 Å². The Balaban J connectivity index is 1.61. The molecular weight excluding hydrogens is 596 g/mol. The summed E-state index contributed by atoms with van der Waals surface area (Å²) in [5.41, 5.74) is -1.22. The van der Waals surface area contributed by atoms with Crippen LogP contribution in [0.5, 0.6) is 17.2 Å². The third-order valence-corrected chi connectivity index (χ3v) is 7.14. The molecule has 0 unspecified atom stereocenters. The van der Waals surface area contributed by atoms with E-state index < -0.39 is 39.2 Å². The molecule has 4 rings (SSSR count). The number of carbonyl (C=O) groups is 2. The fourth-order valence-corrected chi connectivity index (χ4v) is 4.99. The van der Waals surface area contributed by atoms with Gasteiger partial charge in [-0.05, 0) is 66.7 Å². The largest absolute Gasteiger partial charge is 0.490 e. The summed E-state index contributed by atoms with van der Waals surface area (Å²) in [5.74, 6) is -0.897. The Morgan fingerprint density at radius 2 is 1.70 bits per heavy atom. The predicted molar refractivity (Wildman–Crippen MR) is 144 cm³/mol. The van der Waals surface area contributed by atoms with Crippen LogP contribution in [0.15, 0.2) is 59.5 Å². The third-order valence-electron chi connectivity index (χ3n) is 5.52. The number of nitro groups is 1. The lowest BCUT2D eigenvalue weighted by Crippen LogP contribution is -2.27. The first kappa shape index (κ1) is 29.2. The number of hydrogen-bond acceptors (Lipinski definition) is 7. The highest BCUT2D eigenvalue weighted by Crippen LogP contribution is 2.41. The molecule has 0 aliphatic carbocycles. The predicted octanol–water partition coefficient (Wildman–Crippen LogP) is 8.35. The normalized spacial score (nSPS) is 14.7. The van der Waals surface area contributed by atoms with Crippen molar-refractivity contribution in [1.29, 1.82) is 0 Å². The topological polar surface area (TPSA) is 99.0 Å². The van der Waals surface area contributed by atoms with Crippen LogP contribution in [-0.2, 0) is 17.5 Å². The summed E-state index contributed by atoms with van der Waals surface area (Å²) in [4.78, 5) is 37.1. The molecule has 8 nitrogen and oxygen atoms in total. The molecule has 3 aromatic carbocycles. The van der Waals surface area contributed by atoms with E-state index in [1.165, 1.54) is 24.3 Å². The lowest BCUT2D eigenvalue weighted by Gasteiger charge is -2.15. The van der Waals surface area contributed by atoms with Crippen molar-refractivity contribution in [2.45, 2.75) is 19.6 Å². The van der Waals surface area contributed by atoms with Gasteiger partial charge in [-0.3, -0.25) is 24.6 Å². The van der Waals surface area contributed by atoms with Gasteiger partial charge in [-0.1, -0.05) is 35.3 Å². The van der Waals surface area contributed by atoms with Gasteiger partial charge in [0.05, 0.1) is 28.5 Å². The van der Waals surface area contributed by atoms with Crippen LogP contribution in [-0.4, -0.2) is 27.6 Å². The van der Waals surface area contributed by atoms with Gasteiger partial charge in [-0.2, -0.15) is 13.2 Å². The standard InChI is InChI=1S/C26H17Cl2F3N2O6S/c1-2-38-22-10-14(6-8-21(22)39-20-9-7-15(26(29,30)31)12-19(20)33(36)37)11-23-24(34)32(25(35)40-23)13-16-17(27)4-3-5-18(16)28/h3-12H,2,13H2,1H3/b23-11-. The summed E-state index contributed by atoms with van der Waals surface area (Å²) in [6, 6.07) is 11.1. The molecule has 1 aliphatic rings. The Morgan fingerprint density at radius 3 is 2.33 bits per heavy atom. The summed E-state index contributed by atoms with van der Waals surface area (Å²) in [7, 11) is 0. The molecule has 14 heteroatoms. The van der Waals surface area contributed by atoms with Crippen molar-refractivity contribution >= 4 is 57.9 Å². The van der Waals surface area contributed by atoms with Gasteiger partial charge < -0.3 is 9.47 Å². The summed E-state index contributed by atoms with van der Waals surface area (Å²) >= 11 is 13.1. The second-order valence-electron chi connectivity index (χ2n) is 8.15. The van der Waals surface area contributed by atoms with E-state index in [4.69, 9.17) is 32.7 Å². The number of hydrogen-bond donors (Lipinski definition) is 0. The molecular formula is C26H17Cl2F3N2O6S. The van der Waals surface area contributed by atoms with Crippen molar-refractivity contribution in [3.05, 3.63) is 96.4 Å². The van der Waals surface area contributed by atoms with Crippen molar-refractivity contribution in [2.75, 3.05) is 6.61 Å². The number of benzene rings is 3. The highest BCUT2D eigenvalue weighted by atomic mass is 35.5. The summed E-state index contributed by atoms with van der Waals surface area (Å²) < 4.78 is 50.2. The minimum Gasteiger partial charge on any atom is -0.490 e. The van der Waals surface area contributed by atoms with Gasteiger partial charge in [0.15, 0.2) is 11.5 Å². The van der Waals surface area contributed by atoms with Crippen molar-refractivity contribution < 1.29 is 37.2 Å². The summed E-state index contributed by atoms with van der Waals surface area (Å²) in [6.07, 6.45) is -3.33. The molecule has 0 aromatic heterocycles. The lowest BCUT2D eigenvalue weighted by atomic mass is 10.1. The SMILES string of the molecule is CCOc1cc(/C=C2\SC(=O)N(Cc3c(Cl)cccc3Cl)C2=O)ccc1Oc1ccc(C(F)(F)F)cc1[N+](=O)[O-]. The Labute approximate surface area is 239 Å². The molecule has 40 heavy (non-hydrogen) atoms. The second kappa shape index (κ2) is 11.8. The van der Waals surface area contributed by atoms with Gasteiger partial charge in [0.1, 0.15) is 0 Å². The number of nitrogens with zero attached hydrogens (tertiary/aromatic N) is 2. The fourth-order valence-electron chi connectivity index (χ4n) is 3.64. The quantitative estimate of drug-likeness (QED) is 0.143. The first-order valence-corrected chi connectivity index (χ1v) is 12.9. The number of nitro benzene ring substituents is 1. The maximum Gasteiger partial charge on any atom is 0.416 e. The van der Waals surface area contributed by atoms with E-state index in [1.54, 1.807) is 25.1 Å². The maximum atomic E-state index is 13.0. The van der Waals surface area contributed by atoms with E-state index in [9.17, 15) is 32.9 Å². The molecule has 3 aromatic rings. The van der Waals surface area contributed by atoms with Gasteiger partial charge in [0.25, 0.3) is 11.1 Å². The fraction of sp³-hybridized carbons (Fsp3) is 0.154. The van der Waals surface area contributed by atoms with Gasteiger partial charge >= 0.3 is 11.9 Å². The monoisotopic (exact) mass is 612 g/mol. The zero-order chi connectivity index (χ0) is 29.2. The number of thioether (sulfide) groups is 1. The molecule has 1 aliphatic heterocycles. The Kier molecular flexibility index (Phi) is 8.62. The van der Waals surface area contributed by atoms with Gasteiger partial charge in [-0.25, -0.2) is 0 Å². The average molecular weight is 613 g/mol. The van der Waals surface area contributed by atoms with Crippen LogP contribution in [0, 0.1) is 10.1 Å². The van der Waals surface area contributed by atoms with Crippen LogP contribution in [0.1, 0.15) is 23.6 Å². The first-order valence-electron chi connectivity index (χ1n) is 11.4.